The lowest BCUT2D eigenvalue weighted by molar-refractivity contribution is -0.139. The predicted molar refractivity (Wildman–Crippen MR) is 73.4 cm³/mol. The number of sulfonamides is 1. The Labute approximate surface area is 120 Å². The van der Waals surface area contributed by atoms with Crippen molar-refractivity contribution in [1.82, 2.24) is 0 Å². The second-order valence-electron chi connectivity index (χ2n) is 4.41. The van der Waals surface area contributed by atoms with Gasteiger partial charge < -0.3 is 0 Å². The van der Waals surface area contributed by atoms with Crippen LogP contribution in [0.15, 0.2) is 53.4 Å². The first-order valence-corrected chi connectivity index (χ1v) is 7.45. The summed E-state index contributed by atoms with van der Waals surface area (Å²) in [6.45, 7) is 1.66. The van der Waals surface area contributed by atoms with Crippen LogP contribution in [0, 0.1) is 6.92 Å². The number of nitrogens with one attached hydrogen (secondary N) is 1. The van der Waals surface area contributed by atoms with E-state index in [4.69, 9.17) is 0 Å². The molecule has 1 N–H and O–H groups in total. The van der Waals surface area contributed by atoms with Crippen molar-refractivity contribution in [2.75, 3.05) is 4.72 Å². The second-order valence-corrected chi connectivity index (χ2v) is 6.07. The third-order valence-corrected chi connectivity index (χ3v) is 4.30. The molecule has 112 valence electrons. The maximum Gasteiger partial charge on any atom is 0.417 e. The lowest BCUT2D eigenvalue weighted by Crippen LogP contribution is -2.19. The Morgan fingerprint density at radius 3 is 2.14 bits per heavy atom. The fourth-order valence-corrected chi connectivity index (χ4v) is 3.18. The van der Waals surface area contributed by atoms with Gasteiger partial charge in [0, 0.05) is 0 Å². The molecule has 0 spiro atoms. The first-order chi connectivity index (χ1) is 9.72. The van der Waals surface area contributed by atoms with Crippen molar-refractivity contribution in [2.45, 2.75) is 18.0 Å². The quantitative estimate of drug-likeness (QED) is 0.936. The van der Waals surface area contributed by atoms with Crippen molar-refractivity contribution in [3.63, 3.8) is 0 Å². The molecule has 0 heterocycles. The third-order valence-electron chi connectivity index (χ3n) is 2.87. The van der Waals surface area contributed by atoms with Crippen LogP contribution in [0.4, 0.5) is 18.9 Å². The summed E-state index contributed by atoms with van der Waals surface area (Å²) in [5, 5.41) is 0. The summed E-state index contributed by atoms with van der Waals surface area (Å²) in [5.41, 5.74) is -0.328. The van der Waals surface area contributed by atoms with E-state index in [2.05, 4.69) is 4.72 Å². The van der Waals surface area contributed by atoms with Crippen LogP contribution in [0.3, 0.4) is 0 Å². The normalized spacial score (nSPS) is 12.2. The Morgan fingerprint density at radius 1 is 0.952 bits per heavy atom. The average Bonchev–Trinajstić information content (AvgIpc) is 2.40. The zero-order valence-corrected chi connectivity index (χ0v) is 11.8. The van der Waals surface area contributed by atoms with Crippen molar-refractivity contribution in [1.29, 1.82) is 0 Å². The van der Waals surface area contributed by atoms with Crippen molar-refractivity contribution in [2.24, 2.45) is 0 Å². The molecule has 0 amide bonds. The molecule has 0 aromatic heterocycles. The van der Waals surface area contributed by atoms with Gasteiger partial charge in [-0.1, -0.05) is 30.3 Å². The van der Waals surface area contributed by atoms with E-state index in [1.54, 1.807) is 25.1 Å². The summed E-state index contributed by atoms with van der Waals surface area (Å²) in [6, 6.07) is 10.5. The van der Waals surface area contributed by atoms with E-state index in [-0.39, 0.29) is 5.69 Å². The number of rotatable bonds is 3. The Kier molecular flexibility index (Phi) is 3.95. The number of hydrogen-bond donors (Lipinski definition) is 1. The number of para-hydroxylation sites is 1. The van der Waals surface area contributed by atoms with E-state index in [0.717, 1.165) is 18.2 Å². The SMILES string of the molecule is Cc1ccccc1NS(=O)(=O)c1ccccc1C(F)(F)F. The minimum absolute atomic E-state index is 0.245. The molecular formula is C14H12F3NO2S. The first kappa shape index (κ1) is 15.4. The molecular weight excluding hydrogens is 303 g/mol. The molecule has 0 unspecified atom stereocenters. The number of aryl methyl sites for hydroxylation is 1. The van der Waals surface area contributed by atoms with Crippen LogP contribution >= 0.6 is 0 Å². The Hall–Kier alpha value is -2.02. The van der Waals surface area contributed by atoms with Gasteiger partial charge in [0.05, 0.1) is 16.1 Å². The summed E-state index contributed by atoms with van der Waals surface area (Å²) in [5.74, 6) is 0. The molecule has 3 nitrogen and oxygen atoms in total. The third kappa shape index (κ3) is 3.36. The maximum atomic E-state index is 12.9. The summed E-state index contributed by atoms with van der Waals surface area (Å²) >= 11 is 0. The van der Waals surface area contributed by atoms with Crippen LogP contribution in [-0.4, -0.2) is 8.42 Å². The molecule has 0 radical (unpaired) electrons. The molecule has 0 saturated carbocycles. The molecule has 2 rings (SSSR count). The molecule has 0 aliphatic carbocycles. The molecule has 0 aliphatic rings. The highest BCUT2D eigenvalue weighted by atomic mass is 32.2. The van der Waals surface area contributed by atoms with Gasteiger partial charge in [-0.05, 0) is 30.7 Å². The zero-order valence-electron chi connectivity index (χ0n) is 11.0. The van der Waals surface area contributed by atoms with Gasteiger partial charge in [-0.2, -0.15) is 13.2 Å². The van der Waals surface area contributed by atoms with Crippen LogP contribution in [0.25, 0.3) is 0 Å². The summed E-state index contributed by atoms with van der Waals surface area (Å²) in [4.78, 5) is -0.791. The Morgan fingerprint density at radius 2 is 1.52 bits per heavy atom. The lowest BCUT2D eigenvalue weighted by atomic mass is 10.2. The smallest absolute Gasteiger partial charge is 0.279 e. The highest BCUT2D eigenvalue weighted by Gasteiger charge is 2.36. The van der Waals surface area contributed by atoms with Gasteiger partial charge in [0.15, 0.2) is 0 Å². The van der Waals surface area contributed by atoms with Gasteiger partial charge in [0.1, 0.15) is 0 Å². The molecule has 0 aliphatic heterocycles. The minimum Gasteiger partial charge on any atom is -0.279 e. The van der Waals surface area contributed by atoms with E-state index < -0.39 is 26.7 Å². The average molecular weight is 315 g/mol. The molecule has 0 saturated heterocycles. The predicted octanol–water partition coefficient (Wildman–Crippen LogP) is 3.81. The Bertz CT molecular complexity index is 755. The molecule has 21 heavy (non-hydrogen) atoms. The highest BCUT2D eigenvalue weighted by molar-refractivity contribution is 7.92. The van der Waals surface area contributed by atoms with E-state index in [1.807, 2.05) is 0 Å². The van der Waals surface area contributed by atoms with Gasteiger partial charge in [-0.25, -0.2) is 8.42 Å². The number of anilines is 1. The van der Waals surface area contributed by atoms with E-state index >= 15 is 0 Å². The summed E-state index contributed by atoms with van der Waals surface area (Å²) < 4.78 is 65.3. The van der Waals surface area contributed by atoms with Crippen LogP contribution < -0.4 is 4.72 Å². The fraction of sp³-hybridized carbons (Fsp3) is 0.143. The van der Waals surface area contributed by atoms with E-state index in [9.17, 15) is 21.6 Å². The molecule has 0 bridgehead atoms. The summed E-state index contributed by atoms with van der Waals surface area (Å²) in [6.07, 6.45) is -4.74. The summed E-state index contributed by atoms with van der Waals surface area (Å²) in [7, 11) is -4.32. The van der Waals surface area contributed by atoms with Crippen molar-refractivity contribution < 1.29 is 21.6 Å². The maximum absolute atomic E-state index is 12.9. The minimum atomic E-state index is -4.74. The number of halogens is 3. The number of alkyl halides is 3. The topological polar surface area (TPSA) is 46.2 Å². The molecule has 0 fully saturated rings. The van der Waals surface area contributed by atoms with Gasteiger partial charge >= 0.3 is 6.18 Å². The van der Waals surface area contributed by atoms with Crippen molar-refractivity contribution in [3.8, 4) is 0 Å². The zero-order chi connectivity index (χ0) is 15.7. The van der Waals surface area contributed by atoms with Crippen LogP contribution in [0.2, 0.25) is 0 Å². The largest absolute Gasteiger partial charge is 0.417 e. The molecule has 2 aromatic rings. The van der Waals surface area contributed by atoms with Crippen LogP contribution in [-0.2, 0) is 16.2 Å². The van der Waals surface area contributed by atoms with Crippen molar-refractivity contribution >= 4 is 15.7 Å². The fourth-order valence-electron chi connectivity index (χ4n) is 1.82. The monoisotopic (exact) mass is 315 g/mol. The molecule has 2 aromatic carbocycles. The number of benzene rings is 2. The van der Waals surface area contributed by atoms with Gasteiger partial charge in [0.25, 0.3) is 10.0 Å². The van der Waals surface area contributed by atoms with Crippen molar-refractivity contribution in [3.05, 3.63) is 59.7 Å². The lowest BCUT2D eigenvalue weighted by Gasteiger charge is -2.15. The van der Waals surface area contributed by atoms with Gasteiger partial charge in [0.2, 0.25) is 0 Å². The van der Waals surface area contributed by atoms with Crippen LogP contribution in [0.5, 0.6) is 0 Å². The molecule has 0 atom stereocenters. The van der Waals surface area contributed by atoms with E-state index in [1.165, 1.54) is 12.1 Å². The van der Waals surface area contributed by atoms with E-state index in [0.29, 0.717) is 5.56 Å². The number of hydrogen-bond acceptors (Lipinski definition) is 2. The highest BCUT2D eigenvalue weighted by Crippen LogP contribution is 2.34. The van der Waals surface area contributed by atoms with Gasteiger partial charge in [-0.3, -0.25) is 4.72 Å². The second kappa shape index (κ2) is 5.40. The van der Waals surface area contributed by atoms with Gasteiger partial charge in [-0.15, -0.1) is 0 Å². The molecule has 7 heteroatoms. The standard InChI is InChI=1S/C14H12F3NO2S/c1-10-6-2-4-8-12(10)18-21(19,20)13-9-5-3-7-11(13)14(15,16)17/h2-9,18H,1H3. The Balaban J connectivity index is 2.49. The first-order valence-electron chi connectivity index (χ1n) is 5.96. The van der Waals surface area contributed by atoms with Crippen LogP contribution in [0.1, 0.15) is 11.1 Å².